The van der Waals surface area contributed by atoms with Crippen molar-refractivity contribution < 1.29 is 14.5 Å². The third-order valence-electron chi connectivity index (χ3n) is 8.39. The number of fused-ring (bicyclic) bond motifs is 8. The molecule has 200 valence electrons. The van der Waals surface area contributed by atoms with Gasteiger partial charge in [0.15, 0.2) is 0 Å². The van der Waals surface area contributed by atoms with Gasteiger partial charge in [0.2, 0.25) is 11.8 Å². The quantitative estimate of drug-likeness (QED) is 0.240. The number of hydrogen-bond acceptors (Lipinski definition) is 7. The average Bonchev–Trinajstić information content (AvgIpc) is 3.51. The van der Waals surface area contributed by atoms with Gasteiger partial charge in [0.25, 0.3) is 11.2 Å². The van der Waals surface area contributed by atoms with Crippen molar-refractivity contribution in [1.82, 2.24) is 14.9 Å². The fraction of sp³-hybridized carbons (Fsp3) is 0.267. The van der Waals surface area contributed by atoms with Crippen LogP contribution >= 0.6 is 0 Å². The molecule has 0 unspecified atom stereocenters. The number of nitrogens with one attached hydrogen (secondary N) is 1. The second kappa shape index (κ2) is 8.40. The van der Waals surface area contributed by atoms with Gasteiger partial charge in [0.1, 0.15) is 11.4 Å². The minimum atomic E-state index is -1.24. The number of amides is 2. The summed E-state index contributed by atoms with van der Waals surface area (Å²) in [5.41, 5.74) is 0.285. The lowest BCUT2D eigenvalue weighted by molar-refractivity contribution is -0.384. The van der Waals surface area contributed by atoms with Crippen molar-refractivity contribution in [1.29, 1.82) is 0 Å². The van der Waals surface area contributed by atoms with Gasteiger partial charge in [0.05, 0.1) is 39.0 Å². The first-order valence-corrected chi connectivity index (χ1v) is 13.3. The number of hydrogen-bond donors (Lipinski definition) is 1. The molecule has 1 N–H and O–H groups in total. The van der Waals surface area contributed by atoms with Gasteiger partial charge in [-0.15, -0.1) is 0 Å². The molecule has 0 aliphatic carbocycles. The van der Waals surface area contributed by atoms with Gasteiger partial charge in [-0.3, -0.25) is 34.4 Å². The summed E-state index contributed by atoms with van der Waals surface area (Å²) >= 11 is 0. The number of aromatic nitrogens is 2. The molecule has 7 rings (SSSR count). The number of non-ortho nitro benzene ring substituents is 1. The summed E-state index contributed by atoms with van der Waals surface area (Å²) in [6, 6.07) is 19.7. The SMILES string of the molecule is CC(C)C[C@@H]1N[C@]2(c3ccccc3-n3c2nc2ccccc2c3=O)[C@H]2C(=O)N(c3cccc([N+](=O)[O-])c3)C(=O)[C@@H]12. The van der Waals surface area contributed by atoms with Crippen LogP contribution in [0.15, 0.2) is 77.6 Å². The molecular formula is C30H25N5O5. The van der Waals surface area contributed by atoms with E-state index < -0.39 is 40.2 Å². The number of benzene rings is 3. The van der Waals surface area contributed by atoms with E-state index in [0.29, 0.717) is 34.4 Å². The molecule has 4 atom stereocenters. The molecule has 3 aromatic carbocycles. The summed E-state index contributed by atoms with van der Waals surface area (Å²) < 4.78 is 1.56. The van der Waals surface area contributed by atoms with E-state index in [2.05, 4.69) is 5.32 Å². The summed E-state index contributed by atoms with van der Waals surface area (Å²) in [7, 11) is 0. The Hall–Kier alpha value is -4.70. The van der Waals surface area contributed by atoms with Crippen molar-refractivity contribution in [2.45, 2.75) is 31.8 Å². The predicted octanol–water partition coefficient (Wildman–Crippen LogP) is 3.67. The molecule has 0 saturated carbocycles. The summed E-state index contributed by atoms with van der Waals surface area (Å²) in [6.45, 7) is 4.10. The summed E-state index contributed by atoms with van der Waals surface area (Å²) in [4.78, 5) is 59.4. The number of carbonyl (C=O) groups excluding carboxylic acids is 2. The van der Waals surface area contributed by atoms with Crippen molar-refractivity contribution in [3.05, 3.63) is 105 Å². The summed E-state index contributed by atoms with van der Waals surface area (Å²) in [6.07, 6.45) is 0.602. The lowest BCUT2D eigenvalue weighted by Crippen LogP contribution is -2.50. The Morgan fingerprint density at radius 3 is 2.52 bits per heavy atom. The molecule has 10 heteroatoms. The van der Waals surface area contributed by atoms with Crippen LogP contribution in [0.1, 0.15) is 31.7 Å². The Morgan fingerprint density at radius 2 is 1.75 bits per heavy atom. The maximum Gasteiger partial charge on any atom is 0.271 e. The normalized spacial score (nSPS) is 24.7. The fourth-order valence-electron chi connectivity index (χ4n) is 6.93. The van der Waals surface area contributed by atoms with Gasteiger partial charge < -0.3 is 0 Å². The minimum absolute atomic E-state index is 0.159. The van der Waals surface area contributed by atoms with Crippen molar-refractivity contribution in [3.63, 3.8) is 0 Å². The van der Waals surface area contributed by atoms with Crippen molar-refractivity contribution >= 4 is 34.1 Å². The van der Waals surface area contributed by atoms with Crippen LogP contribution in [-0.4, -0.2) is 32.3 Å². The van der Waals surface area contributed by atoms with Gasteiger partial charge in [-0.05, 0) is 36.6 Å². The fourth-order valence-corrected chi connectivity index (χ4v) is 6.93. The Bertz CT molecular complexity index is 1830. The van der Waals surface area contributed by atoms with E-state index >= 15 is 0 Å². The molecule has 1 spiro atoms. The van der Waals surface area contributed by atoms with E-state index in [9.17, 15) is 24.5 Å². The second-order valence-corrected chi connectivity index (χ2v) is 11.1. The van der Waals surface area contributed by atoms with E-state index in [1.807, 2.05) is 38.1 Å². The van der Waals surface area contributed by atoms with Crippen LogP contribution in [-0.2, 0) is 15.1 Å². The summed E-state index contributed by atoms with van der Waals surface area (Å²) in [5.74, 6) is -1.97. The van der Waals surface area contributed by atoms with E-state index in [0.717, 1.165) is 4.90 Å². The Balaban J connectivity index is 1.50. The van der Waals surface area contributed by atoms with Crippen LogP contribution in [0.25, 0.3) is 16.6 Å². The topological polar surface area (TPSA) is 127 Å². The lowest BCUT2D eigenvalue weighted by Gasteiger charge is -2.32. The van der Waals surface area contributed by atoms with E-state index in [4.69, 9.17) is 4.98 Å². The smallest absolute Gasteiger partial charge is 0.271 e. The van der Waals surface area contributed by atoms with E-state index in [1.54, 1.807) is 28.8 Å². The highest BCUT2D eigenvalue weighted by atomic mass is 16.6. The third kappa shape index (κ3) is 3.07. The minimum Gasteiger partial charge on any atom is -0.297 e. The first kappa shape index (κ1) is 24.3. The molecule has 2 saturated heterocycles. The molecule has 2 fully saturated rings. The van der Waals surface area contributed by atoms with Crippen LogP contribution in [0.5, 0.6) is 0 Å². The molecule has 1 aromatic heterocycles. The molecule has 3 aliphatic rings. The van der Waals surface area contributed by atoms with Gasteiger partial charge >= 0.3 is 0 Å². The largest absolute Gasteiger partial charge is 0.297 e. The molecule has 40 heavy (non-hydrogen) atoms. The molecule has 0 radical (unpaired) electrons. The van der Waals surface area contributed by atoms with Gasteiger partial charge in [-0.1, -0.05) is 50.2 Å². The number of nitro benzene ring substituents is 1. The number of para-hydroxylation sites is 2. The molecule has 0 bridgehead atoms. The Kier molecular flexibility index (Phi) is 5.11. The predicted molar refractivity (Wildman–Crippen MR) is 147 cm³/mol. The average molecular weight is 536 g/mol. The Labute approximate surface area is 228 Å². The number of imide groups is 1. The molecule has 10 nitrogen and oxygen atoms in total. The van der Waals surface area contributed by atoms with Crippen LogP contribution in [0.4, 0.5) is 11.4 Å². The highest BCUT2D eigenvalue weighted by Gasteiger charge is 2.69. The Morgan fingerprint density at radius 1 is 1.00 bits per heavy atom. The molecule has 4 heterocycles. The number of nitrogens with zero attached hydrogens (tertiary/aromatic N) is 4. The zero-order valence-corrected chi connectivity index (χ0v) is 21.8. The molecule has 2 amide bonds. The van der Waals surface area contributed by atoms with Gasteiger partial charge in [-0.25, -0.2) is 9.88 Å². The lowest BCUT2D eigenvalue weighted by atomic mass is 9.75. The number of carbonyl (C=O) groups is 2. The first-order valence-electron chi connectivity index (χ1n) is 13.3. The highest BCUT2D eigenvalue weighted by Crippen LogP contribution is 2.56. The van der Waals surface area contributed by atoms with E-state index in [-0.39, 0.29) is 22.9 Å². The van der Waals surface area contributed by atoms with Crippen LogP contribution in [0, 0.1) is 27.9 Å². The molecule has 3 aliphatic heterocycles. The maximum atomic E-state index is 14.4. The zero-order valence-electron chi connectivity index (χ0n) is 21.8. The van der Waals surface area contributed by atoms with E-state index in [1.165, 1.54) is 24.3 Å². The maximum absolute atomic E-state index is 14.4. The van der Waals surface area contributed by atoms with Gasteiger partial charge in [0, 0.05) is 23.7 Å². The van der Waals surface area contributed by atoms with Crippen LogP contribution < -0.4 is 15.8 Å². The van der Waals surface area contributed by atoms with Gasteiger partial charge in [-0.2, -0.15) is 0 Å². The van der Waals surface area contributed by atoms with Crippen LogP contribution in [0.3, 0.4) is 0 Å². The summed E-state index contributed by atoms with van der Waals surface area (Å²) in [5, 5.41) is 15.6. The monoisotopic (exact) mass is 535 g/mol. The zero-order chi connectivity index (χ0) is 27.9. The van der Waals surface area contributed by atoms with Crippen LogP contribution in [0.2, 0.25) is 0 Å². The first-order chi connectivity index (χ1) is 19.2. The van der Waals surface area contributed by atoms with Crippen molar-refractivity contribution in [2.75, 3.05) is 4.90 Å². The number of nitro groups is 1. The number of anilines is 1. The number of rotatable bonds is 4. The second-order valence-electron chi connectivity index (χ2n) is 11.1. The standard InChI is InChI=1S/C30H25N5O5/c1-16(2)14-22-24-25(28(38)33(27(24)37)17-8-7-9-18(15-17)35(39)40)30(32-22)20-11-4-6-13-23(20)34-26(36)19-10-3-5-12-21(19)31-29(30)34/h3-13,15-16,22,24-25,32H,14H2,1-2H3/t22-,24-,25+,30+/m0/s1. The highest BCUT2D eigenvalue weighted by molar-refractivity contribution is 6.23. The van der Waals surface area contributed by atoms with Crippen molar-refractivity contribution in [2.24, 2.45) is 17.8 Å². The third-order valence-corrected chi connectivity index (χ3v) is 8.39. The molecule has 4 aromatic rings. The van der Waals surface area contributed by atoms with Crippen molar-refractivity contribution in [3.8, 4) is 5.69 Å². The molecular weight excluding hydrogens is 510 g/mol.